The van der Waals surface area contributed by atoms with Crippen LogP contribution >= 0.6 is 0 Å². The molecule has 70 valence electrons. The van der Waals surface area contributed by atoms with Gasteiger partial charge in [0.15, 0.2) is 0 Å². The molecule has 0 saturated heterocycles. The Balaban J connectivity index is 1.80. The van der Waals surface area contributed by atoms with Gasteiger partial charge in [0.2, 0.25) is 0 Å². The molecule has 2 aliphatic carbocycles. The second-order valence-corrected chi connectivity index (χ2v) is 4.54. The molecule has 0 aromatic carbocycles. The molecule has 2 aliphatic rings. The van der Waals surface area contributed by atoms with Gasteiger partial charge in [-0.05, 0) is 32.7 Å². The van der Waals surface area contributed by atoms with Crippen LogP contribution in [-0.4, -0.2) is 24.0 Å². The van der Waals surface area contributed by atoms with Crippen LogP contribution in [0.4, 0.5) is 0 Å². The van der Waals surface area contributed by atoms with E-state index in [-0.39, 0.29) is 0 Å². The lowest BCUT2D eigenvalue weighted by molar-refractivity contribution is 0.0879. The summed E-state index contributed by atoms with van der Waals surface area (Å²) in [4.78, 5) is 2.67. The summed E-state index contributed by atoms with van der Waals surface area (Å²) in [7, 11) is 2.35. The van der Waals surface area contributed by atoms with Gasteiger partial charge in [-0.15, -0.1) is 0 Å². The van der Waals surface area contributed by atoms with Gasteiger partial charge in [0, 0.05) is 12.1 Å². The van der Waals surface area contributed by atoms with Crippen LogP contribution < -0.4 is 0 Å². The van der Waals surface area contributed by atoms with E-state index in [0.29, 0.717) is 0 Å². The normalized spacial score (nSPS) is 27.5. The first-order valence-corrected chi connectivity index (χ1v) is 5.60. The Morgan fingerprint density at radius 1 is 0.750 bits per heavy atom. The maximum absolute atomic E-state index is 2.67. The highest BCUT2D eigenvalue weighted by atomic mass is 15.2. The molecule has 0 bridgehead atoms. The van der Waals surface area contributed by atoms with Crippen molar-refractivity contribution in [2.24, 2.45) is 0 Å². The standard InChI is InChI=1S/C11H21N/c1-12(11-8-5-9-11)10-6-3-2-4-7-10/h10-11H,2-9H2,1H3. The minimum Gasteiger partial charge on any atom is -0.300 e. The third-order valence-electron chi connectivity index (χ3n) is 3.80. The first-order valence-electron chi connectivity index (χ1n) is 5.60. The molecule has 2 fully saturated rings. The second-order valence-electron chi connectivity index (χ2n) is 4.54. The largest absolute Gasteiger partial charge is 0.300 e. The zero-order chi connectivity index (χ0) is 8.39. The van der Waals surface area contributed by atoms with Crippen LogP contribution in [0.5, 0.6) is 0 Å². The second kappa shape index (κ2) is 3.78. The van der Waals surface area contributed by atoms with Crippen molar-refractivity contribution < 1.29 is 0 Å². The number of hydrogen-bond acceptors (Lipinski definition) is 1. The Morgan fingerprint density at radius 3 is 1.67 bits per heavy atom. The van der Waals surface area contributed by atoms with E-state index in [0.717, 1.165) is 12.1 Å². The Labute approximate surface area is 76.1 Å². The molecule has 0 heterocycles. The van der Waals surface area contributed by atoms with Crippen LogP contribution in [0.1, 0.15) is 51.4 Å². The third kappa shape index (κ3) is 1.66. The minimum absolute atomic E-state index is 0.934. The van der Waals surface area contributed by atoms with Crippen molar-refractivity contribution in [2.45, 2.75) is 63.5 Å². The number of hydrogen-bond donors (Lipinski definition) is 0. The summed E-state index contributed by atoms with van der Waals surface area (Å²) in [6.45, 7) is 0. The van der Waals surface area contributed by atoms with Crippen molar-refractivity contribution in [1.29, 1.82) is 0 Å². The maximum Gasteiger partial charge on any atom is 0.00951 e. The van der Waals surface area contributed by atoms with E-state index in [4.69, 9.17) is 0 Å². The van der Waals surface area contributed by atoms with Crippen LogP contribution in [0.15, 0.2) is 0 Å². The quantitative estimate of drug-likeness (QED) is 0.611. The number of nitrogens with zero attached hydrogens (tertiary/aromatic N) is 1. The van der Waals surface area contributed by atoms with Gasteiger partial charge in [0.25, 0.3) is 0 Å². The highest BCUT2D eigenvalue weighted by Crippen LogP contribution is 2.30. The van der Waals surface area contributed by atoms with Gasteiger partial charge in [-0.2, -0.15) is 0 Å². The van der Waals surface area contributed by atoms with E-state index in [1.54, 1.807) is 0 Å². The van der Waals surface area contributed by atoms with Gasteiger partial charge in [0.1, 0.15) is 0 Å². The molecule has 2 rings (SSSR count). The van der Waals surface area contributed by atoms with Crippen LogP contribution in [0.3, 0.4) is 0 Å². The predicted molar refractivity (Wildman–Crippen MR) is 52.3 cm³/mol. The van der Waals surface area contributed by atoms with Gasteiger partial charge in [-0.3, -0.25) is 0 Å². The van der Waals surface area contributed by atoms with Gasteiger partial charge in [0.05, 0.1) is 0 Å². The molecular weight excluding hydrogens is 146 g/mol. The van der Waals surface area contributed by atoms with Crippen LogP contribution in [-0.2, 0) is 0 Å². The molecule has 0 atom stereocenters. The molecule has 0 N–H and O–H groups in total. The molecule has 0 aliphatic heterocycles. The maximum atomic E-state index is 2.67. The van der Waals surface area contributed by atoms with Crippen molar-refractivity contribution in [3.05, 3.63) is 0 Å². The van der Waals surface area contributed by atoms with Gasteiger partial charge in [-0.1, -0.05) is 25.7 Å². The summed E-state index contributed by atoms with van der Waals surface area (Å²) < 4.78 is 0. The molecule has 1 heteroatoms. The molecule has 0 radical (unpaired) electrons. The van der Waals surface area contributed by atoms with E-state index >= 15 is 0 Å². The molecule has 0 unspecified atom stereocenters. The van der Waals surface area contributed by atoms with Crippen molar-refractivity contribution in [3.63, 3.8) is 0 Å². The van der Waals surface area contributed by atoms with E-state index in [2.05, 4.69) is 11.9 Å². The fourth-order valence-corrected chi connectivity index (χ4v) is 2.58. The van der Waals surface area contributed by atoms with Gasteiger partial charge >= 0.3 is 0 Å². The lowest BCUT2D eigenvalue weighted by Crippen LogP contribution is -2.44. The highest BCUT2D eigenvalue weighted by molar-refractivity contribution is 4.83. The summed E-state index contributed by atoms with van der Waals surface area (Å²) in [6.07, 6.45) is 11.8. The molecule has 0 amide bonds. The van der Waals surface area contributed by atoms with Crippen molar-refractivity contribution in [3.8, 4) is 0 Å². The van der Waals surface area contributed by atoms with E-state index in [1.165, 1.54) is 51.4 Å². The topological polar surface area (TPSA) is 3.24 Å². The smallest absolute Gasteiger partial charge is 0.00951 e. The Kier molecular flexibility index (Phi) is 2.69. The monoisotopic (exact) mass is 167 g/mol. The van der Waals surface area contributed by atoms with Crippen LogP contribution in [0, 0.1) is 0 Å². The van der Waals surface area contributed by atoms with Crippen molar-refractivity contribution in [1.82, 2.24) is 4.90 Å². The summed E-state index contributed by atoms with van der Waals surface area (Å²) in [5.41, 5.74) is 0. The first kappa shape index (κ1) is 8.55. The average Bonchev–Trinajstić information content (AvgIpc) is 2.03. The molecule has 2 saturated carbocycles. The molecular formula is C11H21N. The first-order chi connectivity index (χ1) is 5.88. The predicted octanol–water partition coefficient (Wildman–Crippen LogP) is 2.80. The van der Waals surface area contributed by atoms with E-state index in [9.17, 15) is 0 Å². The zero-order valence-electron chi connectivity index (χ0n) is 8.26. The van der Waals surface area contributed by atoms with E-state index in [1.807, 2.05) is 0 Å². The third-order valence-corrected chi connectivity index (χ3v) is 3.80. The fourth-order valence-electron chi connectivity index (χ4n) is 2.58. The SMILES string of the molecule is CN(C1CCCCC1)C1CCC1. The molecule has 12 heavy (non-hydrogen) atoms. The highest BCUT2D eigenvalue weighted by Gasteiger charge is 2.27. The lowest BCUT2D eigenvalue weighted by atomic mass is 9.87. The van der Waals surface area contributed by atoms with E-state index < -0.39 is 0 Å². The zero-order valence-corrected chi connectivity index (χ0v) is 8.26. The summed E-state index contributed by atoms with van der Waals surface area (Å²) in [6, 6.07) is 1.89. The van der Waals surface area contributed by atoms with Crippen LogP contribution in [0.2, 0.25) is 0 Å². The van der Waals surface area contributed by atoms with Gasteiger partial charge < -0.3 is 4.90 Å². The number of rotatable bonds is 2. The fraction of sp³-hybridized carbons (Fsp3) is 1.00. The van der Waals surface area contributed by atoms with Gasteiger partial charge in [-0.25, -0.2) is 0 Å². The lowest BCUT2D eigenvalue weighted by Gasteiger charge is -2.41. The van der Waals surface area contributed by atoms with Crippen molar-refractivity contribution >= 4 is 0 Å². The Hall–Kier alpha value is -0.0400. The minimum atomic E-state index is 0.934. The molecule has 0 aromatic rings. The summed E-state index contributed by atoms with van der Waals surface area (Å²) in [5.74, 6) is 0. The Bertz CT molecular complexity index is 134. The molecule has 0 spiro atoms. The summed E-state index contributed by atoms with van der Waals surface area (Å²) in [5, 5.41) is 0. The summed E-state index contributed by atoms with van der Waals surface area (Å²) >= 11 is 0. The Morgan fingerprint density at radius 2 is 1.25 bits per heavy atom. The average molecular weight is 167 g/mol. The van der Waals surface area contributed by atoms with Crippen LogP contribution in [0.25, 0.3) is 0 Å². The van der Waals surface area contributed by atoms with Crippen molar-refractivity contribution in [2.75, 3.05) is 7.05 Å². The molecule has 0 aromatic heterocycles. The molecule has 1 nitrogen and oxygen atoms in total.